The van der Waals surface area contributed by atoms with Gasteiger partial charge >= 0.3 is 0 Å². The number of hydrogen-bond acceptors (Lipinski definition) is 2. The zero-order chi connectivity index (χ0) is 14.4. The highest BCUT2D eigenvalue weighted by atomic mass is 35.5. The predicted octanol–water partition coefficient (Wildman–Crippen LogP) is 4.72. The van der Waals surface area contributed by atoms with Crippen molar-refractivity contribution in [1.82, 2.24) is 5.32 Å². The van der Waals surface area contributed by atoms with E-state index in [0.29, 0.717) is 11.6 Å². The molecule has 0 aromatic heterocycles. The fraction of sp³-hybridized carbons (Fsp3) is 0.250. The normalized spacial score (nSPS) is 12.2. The van der Waals surface area contributed by atoms with Crippen LogP contribution in [0.3, 0.4) is 0 Å². The summed E-state index contributed by atoms with van der Waals surface area (Å²) in [6.45, 7) is 3.42. The first-order valence-electron chi connectivity index (χ1n) is 6.57. The van der Waals surface area contributed by atoms with Crippen molar-refractivity contribution in [2.45, 2.75) is 13.0 Å². The third-order valence-corrected chi connectivity index (χ3v) is 3.56. The van der Waals surface area contributed by atoms with Crippen molar-refractivity contribution in [3.63, 3.8) is 0 Å². The van der Waals surface area contributed by atoms with E-state index in [1.807, 2.05) is 48.5 Å². The van der Waals surface area contributed by atoms with Gasteiger partial charge in [-0.05, 0) is 42.4 Å². The number of halogens is 2. The van der Waals surface area contributed by atoms with E-state index in [4.69, 9.17) is 27.9 Å². The van der Waals surface area contributed by atoms with E-state index in [2.05, 4.69) is 12.2 Å². The number of likely N-dealkylation sites (N-methyl/N-ethyl adjacent to an activating group) is 1. The first kappa shape index (κ1) is 15.2. The summed E-state index contributed by atoms with van der Waals surface area (Å²) < 4.78 is 5.81. The summed E-state index contributed by atoms with van der Waals surface area (Å²) >= 11 is 12.1. The highest BCUT2D eigenvalue weighted by molar-refractivity contribution is 6.31. The van der Waals surface area contributed by atoms with Gasteiger partial charge in [0, 0.05) is 10.0 Å². The Morgan fingerprint density at radius 1 is 1.05 bits per heavy atom. The first-order valence-corrected chi connectivity index (χ1v) is 7.32. The van der Waals surface area contributed by atoms with Gasteiger partial charge in [-0.15, -0.1) is 0 Å². The summed E-state index contributed by atoms with van der Waals surface area (Å²) in [4.78, 5) is 0. The number of hydrogen-bond donors (Lipinski definition) is 1. The molecule has 0 fully saturated rings. The molecule has 2 aromatic rings. The molecule has 2 aromatic carbocycles. The highest BCUT2D eigenvalue weighted by Crippen LogP contribution is 2.24. The lowest BCUT2D eigenvalue weighted by atomic mass is 10.1. The summed E-state index contributed by atoms with van der Waals surface area (Å²) in [5.41, 5.74) is 1.05. The Morgan fingerprint density at radius 2 is 1.75 bits per heavy atom. The van der Waals surface area contributed by atoms with Crippen LogP contribution in [0, 0.1) is 0 Å². The first-order chi connectivity index (χ1) is 9.70. The van der Waals surface area contributed by atoms with E-state index in [1.165, 1.54) is 0 Å². The van der Waals surface area contributed by atoms with E-state index in [0.717, 1.165) is 22.9 Å². The van der Waals surface area contributed by atoms with Crippen LogP contribution in [0.1, 0.15) is 18.5 Å². The molecule has 0 bridgehead atoms. The molecule has 0 amide bonds. The van der Waals surface area contributed by atoms with Gasteiger partial charge in [0.1, 0.15) is 12.4 Å². The smallest absolute Gasteiger partial charge is 0.119 e. The molecule has 106 valence electrons. The molecule has 0 aliphatic carbocycles. The molecule has 0 spiro atoms. The molecule has 1 N–H and O–H groups in total. The molecule has 0 radical (unpaired) electrons. The Hall–Kier alpha value is -1.22. The van der Waals surface area contributed by atoms with Crippen molar-refractivity contribution in [1.29, 1.82) is 0 Å². The van der Waals surface area contributed by atoms with Crippen LogP contribution in [-0.2, 0) is 0 Å². The van der Waals surface area contributed by atoms with Crippen LogP contribution in [0.2, 0.25) is 10.0 Å². The van der Waals surface area contributed by atoms with Crippen LogP contribution in [0.25, 0.3) is 0 Å². The van der Waals surface area contributed by atoms with Crippen LogP contribution >= 0.6 is 23.2 Å². The molecule has 0 saturated heterocycles. The minimum absolute atomic E-state index is 0.0596. The van der Waals surface area contributed by atoms with Gasteiger partial charge in [0.2, 0.25) is 0 Å². The van der Waals surface area contributed by atoms with Gasteiger partial charge in [-0.25, -0.2) is 0 Å². The largest absolute Gasteiger partial charge is 0.492 e. The van der Waals surface area contributed by atoms with Crippen molar-refractivity contribution in [2.24, 2.45) is 0 Å². The van der Waals surface area contributed by atoms with Gasteiger partial charge in [0.25, 0.3) is 0 Å². The molecular formula is C16H17Cl2NO. The number of nitrogens with one attached hydrogen (secondary N) is 1. The fourth-order valence-corrected chi connectivity index (χ4v) is 2.37. The van der Waals surface area contributed by atoms with Gasteiger partial charge in [-0.1, -0.05) is 48.3 Å². The maximum absolute atomic E-state index is 6.24. The molecule has 0 aliphatic rings. The molecule has 1 unspecified atom stereocenters. The Balaban J connectivity index is 2.06. The fourth-order valence-electron chi connectivity index (χ4n) is 1.97. The van der Waals surface area contributed by atoms with Crippen LogP contribution in [0.15, 0.2) is 48.5 Å². The maximum Gasteiger partial charge on any atom is 0.119 e. The zero-order valence-electron chi connectivity index (χ0n) is 11.3. The zero-order valence-corrected chi connectivity index (χ0v) is 12.8. The van der Waals surface area contributed by atoms with Gasteiger partial charge in [0.15, 0.2) is 0 Å². The van der Waals surface area contributed by atoms with Gasteiger partial charge in [-0.2, -0.15) is 0 Å². The van der Waals surface area contributed by atoms with Gasteiger partial charge < -0.3 is 10.1 Å². The summed E-state index contributed by atoms with van der Waals surface area (Å²) in [7, 11) is 0. The summed E-state index contributed by atoms with van der Waals surface area (Å²) in [5, 5.41) is 4.83. The van der Waals surface area contributed by atoms with Gasteiger partial charge in [-0.3, -0.25) is 0 Å². The van der Waals surface area contributed by atoms with Crippen LogP contribution < -0.4 is 10.1 Å². The van der Waals surface area contributed by atoms with Crippen molar-refractivity contribution in [2.75, 3.05) is 13.2 Å². The number of benzene rings is 2. The lowest BCUT2D eigenvalue weighted by Crippen LogP contribution is -2.26. The van der Waals surface area contributed by atoms with E-state index in [1.54, 1.807) is 0 Å². The van der Waals surface area contributed by atoms with Gasteiger partial charge in [0.05, 0.1) is 6.04 Å². The second-order valence-electron chi connectivity index (χ2n) is 4.40. The van der Waals surface area contributed by atoms with E-state index in [9.17, 15) is 0 Å². The third-order valence-electron chi connectivity index (χ3n) is 2.96. The van der Waals surface area contributed by atoms with Crippen molar-refractivity contribution in [3.8, 4) is 5.75 Å². The molecule has 1 atom stereocenters. The Labute approximate surface area is 129 Å². The highest BCUT2D eigenvalue weighted by Gasteiger charge is 2.14. The average Bonchev–Trinajstić information content (AvgIpc) is 2.46. The van der Waals surface area contributed by atoms with Crippen molar-refractivity contribution in [3.05, 3.63) is 64.1 Å². The number of ether oxygens (including phenoxy) is 1. The molecule has 0 saturated carbocycles. The molecule has 2 nitrogen and oxygen atoms in total. The number of rotatable bonds is 6. The monoisotopic (exact) mass is 309 g/mol. The average molecular weight is 310 g/mol. The van der Waals surface area contributed by atoms with Crippen LogP contribution in [-0.4, -0.2) is 13.2 Å². The molecule has 0 heterocycles. The quantitative estimate of drug-likeness (QED) is 0.833. The minimum Gasteiger partial charge on any atom is -0.492 e. The molecule has 4 heteroatoms. The summed E-state index contributed by atoms with van der Waals surface area (Å²) in [6, 6.07) is 15.2. The Bertz CT molecular complexity index is 542. The SMILES string of the molecule is CCNC(COc1ccc(Cl)cc1)c1ccccc1Cl. The molecule has 2 rings (SSSR count). The second-order valence-corrected chi connectivity index (χ2v) is 5.24. The summed E-state index contributed by atoms with van der Waals surface area (Å²) in [6.07, 6.45) is 0. The van der Waals surface area contributed by atoms with Crippen LogP contribution in [0.5, 0.6) is 5.75 Å². The topological polar surface area (TPSA) is 21.3 Å². The van der Waals surface area contributed by atoms with E-state index < -0.39 is 0 Å². The van der Waals surface area contributed by atoms with E-state index >= 15 is 0 Å². The predicted molar refractivity (Wildman–Crippen MR) is 84.8 cm³/mol. The van der Waals surface area contributed by atoms with E-state index in [-0.39, 0.29) is 6.04 Å². The molecular weight excluding hydrogens is 293 g/mol. The second kappa shape index (κ2) is 7.53. The van der Waals surface area contributed by atoms with Crippen molar-refractivity contribution >= 4 is 23.2 Å². The van der Waals surface area contributed by atoms with Crippen LogP contribution in [0.4, 0.5) is 0 Å². The third kappa shape index (κ3) is 4.14. The molecule has 0 aliphatic heterocycles. The maximum atomic E-state index is 6.24. The minimum atomic E-state index is 0.0596. The summed E-state index contributed by atoms with van der Waals surface area (Å²) in [5.74, 6) is 0.796. The van der Waals surface area contributed by atoms with Crippen molar-refractivity contribution < 1.29 is 4.74 Å². The Morgan fingerprint density at radius 3 is 2.40 bits per heavy atom. The Kier molecular flexibility index (Phi) is 5.72. The lowest BCUT2D eigenvalue weighted by Gasteiger charge is -2.20. The standard InChI is InChI=1S/C16H17Cl2NO/c1-2-19-16(14-5-3-4-6-15(14)18)11-20-13-9-7-12(17)8-10-13/h3-10,16,19H,2,11H2,1H3. The lowest BCUT2D eigenvalue weighted by molar-refractivity contribution is 0.268. The molecule has 20 heavy (non-hydrogen) atoms.